The molecule has 3 heteroatoms. The molecule has 0 heterocycles. The number of carbonyl (C=O) groups is 1. The Morgan fingerprint density at radius 3 is 2.73 bits per heavy atom. The minimum atomic E-state index is 0.00634. The number of nitrogens with one attached hydrogen (secondary N) is 1. The molecule has 0 aromatic heterocycles. The molecule has 0 spiro atoms. The van der Waals surface area contributed by atoms with Crippen molar-refractivity contribution in [2.45, 2.75) is 32.2 Å². The summed E-state index contributed by atoms with van der Waals surface area (Å²) in [6.45, 7) is 4.74. The van der Waals surface area contributed by atoms with Crippen molar-refractivity contribution in [2.75, 3.05) is 13.2 Å². The highest BCUT2D eigenvalue weighted by Crippen LogP contribution is 2.33. The predicted molar refractivity (Wildman–Crippen MR) is 42.3 cm³/mol. The van der Waals surface area contributed by atoms with Gasteiger partial charge < -0.3 is 10.1 Å². The Hall–Kier alpha value is -0.570. The van der Waals surface area contributed by atoms with Gasteiger partial charge in [-0.1, -0.05) is 0 Å². The van der Waals surface area contributed by atoms with Gasteiger partial charge in [0, 0.05) is 12.1 Å². The van der Waals surface area contributed by atoms with Crippen LogP contribution in [0.25, 0.3) is 0 Å². The third kappa shape index (κ3) is 2.89. The summed E-state index contributed by atoms with van der Waals surface area (Å²) in [4.78, 5) is 11.0. The van der Waals surface area contributed by atoms with E-state index in [0.29, 0.717) is 6.61 Å². The number of ether oxygens (including phenoxy) is 1. The van der Waals surface area contributed by atoms with Gasteiger partial charge in [-0.05, 0) is 26.7 Å². The lowest BCUT2D eigenvalue weighted by Crippen LogP contribution is -2.36. The van der Waals surface area contributed by atoms with E-state index in [1.54, 1.807) is 0 Å². The van der Waals surface area contributed by atoms with Crippen LogP contribution in [0.1, 0.15) is 26.7 Å². The molecular formula is C8H15NO2. The topological polar surface area (TPSA) is 38.3 Å². The van der Waals surface area contributed by atoms with Crippen molar-refractivity contribution >= 4 is 5.91 Å². The van der Waals surface area contributed by atoms with Gasteiger partial charge in [-0.2, -0.15) is 0 Å². The van der Waals surface area contributed by atoms with Crippen LogP contribution in [0.3, 0.4) is 0 Å². The molecule has 11 heavy (non-hydrogen) atoms. The van der Waals surface area contributed by atoms with Gasteiger partial charge in [0.25, 0.3) is 0 Å². The van der Waals surface area contributed by atoms with Crippen LogP contribution in [-0.4, -0.2) is 24.7 Å². The van der Waals surface area contributed by atoms with E-state index in [9.17, 15) is 4.79 Å². The number of hydrogen-bond acceptors (Lipinski definition) is 2. The number of amides is 1. The number of hydrogen-bond donors (Lipinski definition) is 1. The fourth-order valence-electron chi connectivity index (χ4n) is 0.880. The molecule has 1 aliphatic carbocycles. The summed E-state index contributed by atoms with van der Waals surface area (Å²) in [6, 6.07) is 0. The maximum Gasteiger partial charge on any atom is 0.246 e. The molecule has 64 valence electrons. The van der Waals surface area contributed by atoms with Gasteiger partial charge >= 0.3 is 0 Å². The Bertz CT molecular complexity index is 152. The Labute approximate surface area is 67.1 Å². The van der Waals surface area contributed by atoms with Crippen LogP contribution in [0.5, 0.6) is 0 Å². The summed E-state index contributed by atoms with van der Waals surface area (Å²) in [5, 5.41) is 2.90. The van der Waals surface area contributed by atoms with Crippen LogP contribution in [-0.2, 0) is 9.53 Å². The third-order valence-electron chi connectivity index (χ3n) is 1.88. The molecule has 1 N–H and O–H groups in total. The first-order chi connectivity index (χ1) is 5.16. The lowest BCUT2D eigenvalue weighted by Gasteiger charge is -2.10. The van der Waals surface area contributed by atoms with E-state index in [1.165, 1.54) is 0 Å². The third-order valence-corrected chi connectivity index (χ3v) is 1.88. The summed E-state index contributed by atoms with van der Waals surface area (Å²) < 4.78 is 4.96. The highest BCUT2D eigenvalue weighted by molar-refractivity contribution is 5.78. The molecule has 0 unspecified atom stereocenters. The molecule has 1 saturated carbocycles. The van der Waals surface area contributed by atoms with E-state index >= 15 is 0 Å². The molecular weight excluding hydrogens is 142 g/mol. The molecule has 1 aliphatic rings. The molecule has 1 amide bonds. The predicted octanol–water partition coefficient (Wildman–Crippen LogP) is 0.692. The van der Waals surface area contributed by atoms with E-state index in [4.69, 9.17) is 4.74 Å². The fraction of sp³-hybridized carbons (Fsp3) is 0.875. The minimum absolute atomic E-state index is 0.00634. The van der Waals surface area contributed by atoms with Crippen molar-refractivity contribution < 1.29 is 9.53 Å². The van der Waals surface area contributed by atoms with Crippen LogP contribution in [0.4, 0.5) is 0 Å². The second-order valence-electron chi connectivity index (χ2n) is 3.25. The van der Waals surface area contributed by atoms with Crippen LogP contribution >= 0.6 is 0 Å². The second-order valence-corrected chi connectivity index (χ2v) is 3.25. The Morgan fingerprint density at radius 1 is 1.64 bits per heavy atom. The number of rotatable bonds is 4. The largest absolute Gasteiger partial charge is 0.372 e. The lowest BCUT2D eigenvalue weighted by molar-refractivity contribution is -0.126. The molecule has 0 atom stereocenters. The highest BCUT2D eigenvalue weighted by atomic mass is 16.5. The summed E-state index contributed by atoms with van der Waals surface area (Å²) in [6.07, 6.45) is 2.20. The van der Waals surface area contributed by atoms with E-state index in [0.717, 1.165) is 12.8 Å². The zero-order valence-electron chi connectivity index (χ0n) is 7.14. The maximum atomic E-state index is 11.0. The first-order valence-electron chi connectivity index (χ1n) is 4.05. The van der Waals surface area contributed by atoms with Gasteiger partial charge in [0.15, 0.2) is 0 Å². The van der Waals surface area contributed by atoms with Crippen LogP contribution < -0.4 is 5.32 Å². The molecule has 1 fully saturated rings. The summed E-state index contributed by atoms with van der Waals surface area (Å²) in [5.41, 5.74) is 0.0915. The Balaban J connectivity index is 2.11. The first-order valence-corrected chi connectivity index (χ1v) is 4.05. The lowest BCUT2D eigenvalue weighted by atomic mass is 10.3. The molecule has 0 saturated heterocycles. The molecule has 0 aromatic carbocycles. The average Bonchev–Trinajstić information content (AvgIpc) is 2.63. The van der Waals surface area contributed by atoms with Gasteiger partial charge in [0.1, 0.15) is 6.61 Å². The monoisotopic (exact) mass is 157 g/mol. The van der Waals surface area contributed by atoms with E-state index in [-0.39, 0.29) is 18.1 Å². The van der Waals surface area contributed by atoms with Crippen molar-refractivity contribution in [1.29, 1.82) is 0 Å². The quantitative estimate of drug-likeness (QED) is 0.652. The fourth-order valence-corrected chi connectivity index (χ4v) is 0.880. The van der Waals surface area contributed by atoms with Crippen molar-refractivity contribution in [3.05, 3.63) is 0 Å². The average molecular weight is 157 g/mol. The first kappa shape index (κ1) is 8.53. The summed E-state index contributed by atoms with van der Waals surface area (Å²) in [5.74, 6) is 0.00634. The SMILES string of the molecule is CCOCC(=O)NC1(C)CC1. The molecule has 3 nitrogen and oxygen atoms in total. The molecule has 0 aliphatic heterocycles. The van der Waals surface area contributed by atoms with Crippen LogP contribution in [0.2, 0.25) is 0 Å². The summed E-state index contributed by atoms with van der Waals surface area (Å²) >= 11 is 0. The zero-order chi connectivity index (χ0) is 8.32. The standard InChI is InChI=1S/C8H15NO2/c1-3-11-6-7(10)9-8(2)4-5-8/h3-6H2,1-2H3,(H,9,10). The molecule has 0 aromatic rings. The minimum Gasteiger partial charge on any atom is -0.372 e. The van der Waals surface area contributed by atoms with Crippen LogP contribution in [0.15, 0.2) is 0 Å². The maximum absolute atomic E-state index is 11.0. The second kappa shape index (κ2) is 3.22. The van der Waals surface area contributed by atoms with E-state index < -0.39 is 0 Å². The summed E-state index contributed by atoms with van der Waals surface area (Å²) in [7, 11) is 0. The van der Waals surface area contributed by atoms with Crippen molar-refractivity contribution in [3.8, 4) is 0 Å². The van der Waals surface area contributed by atoms with Crippen molar-refractivity contribution in [3.63, 3.8) is 0 Å². The zero-order valence-corrected chi connectivity index (χ0v) is 7.14. The van der Waals surface area contributed by atoms with Gasteiger partial charge in [-0.3, -0.25) is 4.79 Å². The van der Waals surface area contributed by atoms with Crippen molar-refractivity contribution in [1.82, 2.24) is 5.32 Å². The smallest absolute Gasteiger partial charge is 0.246 e. The molecule has 0 bridgehead atoms. The van der Waals surface area contributed by atoms with Gasteiger partial charge in [-0.25, -0.2) is 0 Å². The van der Waals surface area contributed by atoms with E-state index in [2.05, 4.69) is 12.2 Å². The molecule has 1 rings (SSSR count). The van der Waals surface area contributed by atoms with E-state index in [1.807, 2.05) is 6.92 Å². The normalized spacial score (nSPS) is 19.5. The Morgan fingerprint density at radius 2 is 2.27 bits per heavy atom. The van der Waals surface area contributed by atoms with Gasteiger partial charge in [0.05, 0.1) is 0 Å². The van der Waals surface area contributed by atoms with Gasteiger partial charge in [-0.15, -0.1) is 0 Å². The molecule has 0 radical (unpaired) electrons. The van der Waals surface area contributed by atoms with Crippen molar-refractivity contribution in [2.24, 2.45) is 0 Å². The van der Waals surface area contributed by atoms with Crippen LogP contribution in [0, 0.1) is 0 Å². The Kier molecular flexibility index (Phi) is 2.49. The highest BCUT2D eigenvalue weighted by Gasteiger charge is 2.38. The number of carbonyl (C=O) groups excluding carboxylic acids is 1. The van der Waals surface area contributed by atoms with Gasteiger partial charge in [0.2, 0.25) is 5.91 Å².